The zero-order valence-corrected chi connectivity index (χ0v) is 10.5. The molecule has 1 N–H and O–H groups in total. The normalized spacial score (nSPS) is 46.2. The minimum absolute atomic E-state index is 0.111. The third kappa shape index (κ3) is 1.44. The molecule has 2 aliphatic carbocycles. The Hall–Kier alpha value is -1.32. The summed E-state index contributed by atoms with van der Waals surface area (Å²) in [7, 11) is 0. The van der Waals surface area contributed by atoms with Crippen molar-refractivity contribution >= 4 is 11.9 Å². The number of ether oxygens (including phenoxy) is 1. The van der Waals surface area contributed by atoms with Crippen LogP contribution in [-0.4, -0.2) is 23.7 Å². The molecule has 1 saturated carbocycles. The summed E-state index contributed by atoms with van der Waals surface area (Å²) < 4.78 is 5.03. The second-order valence-electron chi connectivity index (χ2n) is 6.24. The molecule has 2 fully saturated rings. The molecule has 1 heterocycles. The number of carboxylic acid groups (broad SMARTS) is 1. The molecule has 98 valence electrons. The van der Waals surface area contributed by atoms with Crippen LogP contribution in [0.4, 0.5) is 0 Å². The summed E-state index contributed by atoms with van der Waals surface area (Å²) in [5.74, 6) is -0.969. The van der Waals surface area contributed by atoms with Crippen molar-refractivity contribution in [1.29, 1.82) is 0 Å². The summed E-state index contributed by atoms with van der Waals surface area (Å²) in [5.41, 5.74) is -0.252. The molecule has 0 aromatic carbocycles. The Labute approximate surface area is 106 Å². The van der Waals surface area contributed by atoms with Crippen molar-refractivity contribution in [3.05, 3.63) is 12.2 Å². The average Bonchev–Trinajstić information content (AvgIpc) is 2.87. The van der Waals surface area contributed by atoms with Gasteiger partial charge < -0.3 is 9.84 Å². The minimum Gasteiger partial charge on any atom is -0.481 e. The van der Waals surface area contributed by atoms with Gasteiger partial charge in [-0.15, -0.1) is 0 Å². The summed E-state index contributed by atoms with van der Waals surface area (Å²) >= 11 is 0. The smallest absolute Gasteiger partial charge is 0.307 e. The van der Waals surface area contributed by atoms with Crippen molar-refractivity contribution in [3.8, 4) is 0 Å². The molecule has 1 saturated heterocycles. The quantitative estimate of drug-likeness (QED) is 0.601. The lowest BCUT2D eigenvalue weighted by Gasteiger charge is -2.46. The van der Waals surface area contributed by atoms with Crippen molar-refractivity contribution in [1.82, 2.24) is 0 Å². The largest absolute Gasteiger partial charge is 0.481 e. The minimum atomic E-state index is -0.701. The first kappa shape index (κ1) is 11.8. The molecular formula is C14H18O4. The molecule has 4 heteroatoms. The zero-order valence-electron chi connectivity index (χ0n) is 10.5. The number of rotatable bonds is 2. The second-order valence-corrected chi connectivity index (χ2v) is 6.24. The van der Waals surface area contributed by atoms with E-state index in [1.165, 1.54) is 0 Å². The first-order chi connectivity index (χ1) is 8.46. The molecule has 4 atom stereocenters. The Morgan fingerprint density at radius 1 is 1.50 bits per heavy atom. The van der Waals surface area contributed by atoms with E-state index in [-0.39, 0.29) is 28.6 Å². The maximum atomic E-state index is 11.6. The van der Waals surface area contributed by atoms with Gasteiger partial charge in [0.05, 0.1) is 18.9 Å². The van der Waals surface area contributed by atoms with Gasteiger partial charge in [-0.25, -0.2) is 0 Å². The number of esters is 1. The van der Waals surface area contributed by atoms with Crippen LogP contribution in [0.2, 0.25) is 0 Å². The summed E-state index contributed by atoms with van der Waals surface area (Å²) in [6.45, 7) is 2.58. The van der Waals surface area contributed by atoms with Crippen molar-refractivity contribution in [2.45, 2.75) is 32.6 Å². The predicted octanol–water partition coefficient (Wildman–Crippen LogP) is 2.00. The van der Waals surface area contributed by atoms with E-state index in [9.17, 15) is 14.7 Å². The standard InChI is InChI=1S/C14H18O4/c1-13(4-5-18-11(15)8-13)14-3-2-9(6-14)10(7-14)12(16)17/h2-3,9-10H,4-8H2,1H3,(H,16,17). The number of cyclic esters (lactones) is 1. The molecular weight excluding hydrogens is 232 g/mol. The van der Waals surface area contributed by atoms with Gasteiger partial charge in [-0.2, -0.15) is 0 Å². The number of carbonyl (C=O) groups is 2. The maximum Gasteiger partial charge on any atom is 0.307 e. The van der Waals surface area contributed by atoms with Crippen LogP contribution in [0.1, 0.15) is 32.6 Å². The molecule has 0 radical (unpaired) electrons. The van der Waals surface area contributed by atoms with Gasteiger partial charge in [0, 0.05) is 0 Å². The Morgan fingerprint density at radius 3 is 2.89 bits per heavy atom. The third-order valence-corrected chi connectivity index (χ3v) is 5.33. The van der Waals surface area contributed by atoms with Crippen LogP contribution in [0.3, 0.4) is 0 Å². The molecule has 3 aliphatic rings. The number of carbonyl (C=O) groups excluding carboxylic acids is 1. The van der Waals surface area contributed by atoms with E-state index in [4.69, 9.17) is 4.74 Å². The Balaban J connectivity index is 1.90. The Morgan fingerprint density at radius 2 is 2.28 bits per heavy atom. The number of allylic oxidation sites excluding steroid dienone is 2. The number of hydrogen-bond acceptors (Lipinski definition) is 3. The molecule has 2 bridgehead atoms. The monoisotopic (exact) mass is 250 g/mol. The average molecular weight is 250 g/mol. The van der Waals surface area contributed by atoms with E-state index < -0.39 is 5.97 Å². The number of hydrogen-bond donors (Lipinski definition) is 1. The highest BCUT2D eigenvalue weighted by atomic mass is 16.5. The molecule has 4 unspecified atom stereocenters. The number of fused-ring (bicyclic) bond motifs is 2. The lowest BCUT2D eigenvalue weighted by atomic mass is 9.59. The van der Waals surface area contributed by atoms with E-state index in [2.05, 4.69) is 13.0 Å². The van der Waals surface area contributed by atoms with Crippen LogP contribution in [0.5, 0.6) is 0 Å². The fraction of sp³-hybridized carbons (Fsp3) is 0.714. The van der Waals surface area contributed by atoms with E-state index in [1.807, 2.05) is 6.08 Å². The third-order valence-electron chi connectivity index (χ3n) is 5.33. The molecule has 0 spiro atoms. The SMILES string of the molecule is CC1(C23C=CC(C2)C(C(=O)O)C3)CCOC(=O)C1. The number of carboxylic acids is 1. The van der Waals surface area contributed by atoms with Crippen molar-refractivity contribution < 1.29 is 19.4 Å². The van der Waals surface area contributed by atoms with E-state index in [1.54, 1.807) is 0 Å². The molecule has 1 aliphatic heterocycles. The van der Waals surface area contributed by atoms with Gasteiger partial charge in [0.15, 0.2) is 0 Å². The van der Waals surface area contributed by atoms with Gasteiger partial charge in [0.2, 0.25) is 0 Å². The Kier molecular flexibility index (Phi) is 2.34. The molecule has 0 aromatic heterocycles. The van der Waals surface area contributed by atoms with Gasteiger partial charge in [-0.05, 0) is 36.0 Å². The molecule has 0 amide bonds. The van der Waals surface area contributed by atoms with Crippen LogP contribution >= 0.6 is 0 Å². The van der Waals surface area contributed by atoms with E-state index in [0.717, 1.165) is 12.8 Å². The fourth-order valence-electron chi connectivity index (χ4n) is 4.07. The second kappa shape index (κ2) is 3.59. The van der Waals surface area contributed by atoms with Gasteiger partial charge in [-0.3, -0.25) is 9.59 Å². The topological polar surface area (TPSA) is 63.6 Å². The Bertz CT molecular complexity index is 441. The first-order valence-corrected chi connectivity index (χ1v) is 6.54. The van der Waals surface area contributed by atoms with Crippen molar-refractivity contribution in [2.24, 2.45) is 22.7 Å². The van der Waals surface area contributed by atoms with E-state index >= 15 is 0 Å². The lowest BCUT2D eigenvalue weighted by molar-refractivity contribution is -0.157. The van der Waals surface area contributed by atoms with Gasteiger partial charge >= 0.3 is 11.9 Å². The summed E-state index contributed by atoms with van der Waals surface area (Å²) in [4.78, 5) is 22.8. The molecule has 4 nitrogen and oxygen atoms in total. The van der Waals surface area contributed by atoms with Crippen LogP contribution in [0.15, 0.2) is 12.2 Å². The van der Waals surface area contributed by atoms with Crippen molar-refractivity contribution in [2.75, 3.05) is 6.61 Å². The fourth-order valence-corrected chi connectivity index (χ4v) is 4.07. The summed E-state index contributed by atoms with van der Waals surface area (Å²) in [6, 6.07) is 0. The highest BCUT2D eigenvalue weighted by Crippen LogP contribution is 2.63. The zero-order chi connectivity index (χ0) is 13.0. The summed E-state index contributed by atoms with van der Waals surface area (Å²) in [6.07, 6.45) is 7.03. The van der Waals surface area contributed by atoms with Gasteiger partial charge in [-0.1, -0.05) is 19.1 Å². The lowest BCUT2D eigenvalue weighted by Crippen LogP contribution is -2.43. The predicted molar refractivity (Wildman–Crippen MR) is 63.7 cm³/mol. The van der Waals surface area contributed by atoms with Crippen LogP contribution in [0, 0.1) is 22.7 Å². The van der Waals surface area contributed by atoms with Crippen LogP contribution in [0.25, 0.3) is 0 Å². The first-order valence-electron chi connectivity index (χ1n) is 6.54. The van der Waals surface area contributed by atoms with Gasteiger partial charge in [0.25, 0.3) is 0 Å². The molecule has 0 aromatic rings. The van der Waals surface area contributed by atoms with Crippen molar-refractivity contribution in [3.63, 3.8) is 0 Å². The maximum absolute atomic E-state index is 11.6. The summed E-state index contributed by atoms with van der Waals surface area (Å²) in [5, 5.41) is 9.26. The molecule has 3 rings (SSSR count). The van der Waals surface area contributed by atoms with Crippen LogP contribution < -0.4 is 0 Å². The highest BCUT2D eigenvalue weighted by molar-refractivity contribution is 5.73. The number of aliphatic carboxylic acids is 1. The van der Waals surface area contributed by atoms with E-state index in [0.29, 0.717) is 19.4 Å². The van der Waals surface area contributed by atoms with Gasteiger partial charge in [0.1, 0.15) is 0 Å². The molecule has 18 heavy (non-hydrogen) atoms. The van der Waals surface area contributed by atoms with Crippen LogP contribution in [-0.2, 0) is 14.3 Å². The highest BCUT2D eigenvalue weighted by Gasteiger charge is 2.59.